The topological polar surface area (TPSA) is 56.4 Å². The molecule has 5 heteroatoms. The zero-order valence-electron chi connectivity index (χ0n) is 23.5. The largest absolute Gasteiger partial charge is 0.361 e. The number of para-hydroxylation sites is 1. The molecule has 0 atom stereocenters. The van der Waals surface area contributed by atoms with E-state index in [9.17, 15) is 9.59 Å². The van der Waals surface area contributed by atoms with Gasteiger partial charge in [0.2, 0.25) is 5.91 Å². The van der Waals surface area contributed by atoms with E-state index in [0.29, 0.717) is 25.2 Å². The minimum atomic E-state index is -0.0876. The van der Waals surface area contributed by atoms with Gasteiger partial charge < -0.3 is 14.8 Å². The van der Waals surface area contributed by atoms with Gasteiger partial charge in [-0.05, 0) is 60.1 Å². The molecule has 5 nitrogen and oxygen atoms in total. The zero-order valence-corrected chi connectivity index (χ0v) is 23.5. The Labute approximate surface area is 232 Å². The monoisotopic (exact) mass is 523 g/mol. The van der Waals surface area contributed by atoms with Gasteiger partial charge in [0.25, 0.3) is 5.91 Å². The predicted molar refractivity (Wildman–Crippen MR) is 160 cm³/mol. The summed E-state index contributed by atoms with van der Waals surface area (Å²) in [7, 11) is 0. The van der Waals surface area contributed by atoms with E-state index in [1.807, 2.05) is 77.8 Å². The molecule has 1 aromatic heterocycles. The molecular weight excluding hydrogens is 482 g/mol. The van der Waals surface area contributed by atoms with E-state index in [4.69, 9.17) is 0 Å². The van der Waals surface area contributed by atoms with Crippen LogP contribution in [0.4, 0.5) is 0 Å². The number of amides is 2. The summed E-state index contributed by atoms with van der Waals surface area (Å²) >= 11 is 0. The number of nitrogens with zero attached hydrogens (tertiary/aromatic N) is 2. The fraction of sp³-hybridized carbons (Fsp3) is 0.353. The first-order valence-electron chi connectivity index (χ1n) is 14.2. The van der Waals surface area contributed by atoms with Gasteiger partial charge in [-0.25, -0.2) is 0 Å². The zero-order chi connectivity index (χ0) is 27.6. The molecule has 2 amide bonds. The quantitative estimate of drug-likeness (QED) is 0.208. The summed E-state index contributed by atoms with van der Waals surface area (Å²) in [4.78, 5) is 34.3. The molecule has 0 spiro atoms. The number of aromatic amines is 1. The van der Waals surface area contributed by atoms with Crippen LogP contribution in [0.1, 0.15) is 60.7 Å². The van der Waals surface area contributed by atoms with Crippen molar-refractivity contribution in [2.45, 2.75) is 53.0 Å². The number of aromatic nitrogens is 1. The van der Waals surface area contributed by atoms with E-state index in [0.717, 1.165) is 36.8 Å². The number of hydrogen-bond donors (Lipinski definition) is 1. The number of H-pyrrole nitrogens is 1. The van der Waals surface area contributed by atoms with Crippen molar-refractivity contribution in [3.05, 3.63) is 107 Å². The molecule has 0 radical (unpaired) electrons. The van der Waals surface area contributed by atoms with Gasteiger partial charge in [0.05, 0.1) is 0 Å². The van der Waals surface area contributed by atoms with Gasteiger partial charge in [0.15, 0.2) is 0 Å². The first kappa shape index (κ1) is 28.2. The molecule has 1 N–H and O–H groups in total. The summed E-state index contributed by atoms with van der Waals surface area (Å²) in [6.07, 6.45) is 6.07. The molecule has 0 saturated heterocycles. The lowest BCUT2D eigenvalue weighted by molar-refractivity contribution is -0.132. The number of hydrogen-bond acceptors (Lipinski definition) is 2. The van der Waals surface area contributed by atoms with Gasteiger partial charge >= 0.3 is 0 Å². The van der Waals surface area contributed by atoms with Crippen LogP contribution < -0.4 is 0 Å². The lowest BCUT2D eigenvalue weighted by atomic mass is 10.1. The van der Waals surface area contributed by atoms with Crippen LogP contribution in [0.15, 0.2) is 85.1 Å². The van der Waals surface area contributed by atoms with E-state index in [1.54, 1.807) is 4.90 Å². The molecule has 0 aliphatic heterocycles. The van der Waals surface area contributed by atoms with Crippen LogP contribution in [-0.4, -0.2) is 46.2 Å². The van der Waals surface area contributed by atoms with Gasteiger partial charge in [-0.1, -0.05) is 87.9 Å². The Morgan fingerprint density at radius 1 is 0.821 bits per heavy atom. The highest BCUT2D eigenvalue weighted by Gasteiger charge is 2.23. The number of rotatable bonds is 13. The molecule has 1 heterocycles. The van der Waals surface area contributed by atoms with Crippen LogP contribution in [-0.2, 0) is 24.2 Å². The fourth-order valence-corrected chi connectivity index (χ4v) is 4.99. The van der Waals surface area contributed by atoms with Crippen molar-refractivity contribution in [3.8, 4) is 0 Å². The normalized spacial score (nSPS) is 11.2. The average Bonchev–Trinajstić information content (AvgIpc) is 3.37. The SMILES string of the molecule is CCCCc1ccc(C(=O)N(CC(=O)N(CCc2c[nH]c3ccccc23)Cc2ccccc2)CC(C)C)cc1. The van der Waals surface area contributed by atoms with Crippen LogP contribution in [0.25, 0.3) is 10.9 Å². The number of benzene rings is 3. The lowest BCUT2D eigenvalue weighted by Crippen LogP contribution is -2.44. The van der Waals surface area contributed by atoms with E-state index in [1.165, 1.54) is 16.5 Å². The van der Waals surface area contributed by atoms with Gasteiger partial charge in [-0.15, -0.1) is 0 Å². The minimum Gasteiger partial charge on any atom is -0.361 e. The van der Waals surface area contributed by atoms with Crippen molar-refractivity contribution in [2.24, 2.45) is 5.92 Å². The van der Waals surface area contributed by atoms with Gasteiger partial charge in [0.1, 0.15) is 6.54 Å². The molecule has 0 aliphatic rings. The second-order valence-electron chi connectivity index (χ2n) is 10.8. The molecule has 0 bridgehead atoms. The minimum absolute atomic E-state index is 0.0349. The molecule has 4 rings (SSSR count). The first-order chi connectivity index (χ1) is 18.9. The summed E-state index contributed by atoms with van der Waals surface area (Å²) in [6, 6.07) is 26.2. The van der Waals surface area contributed by atoms with Crippen molar-refractivity contribution < 1.29 is 9.59 Å². The van der Waals surface area contributed by atoms with E-state index < -0.39 is 0 Å². The Morgan fingerprint density at radius 3 is 2.26 bits per heavy atom. The third-order valence-electron chi connectivity index (χ3n) is 7.11. The first-order valence-corrected chi connectivity index (χ1v) is 14.2. The van der Waals surface area contributed by atoms with Crippen molar-refractivity contribution in [1.82, 2.24) is 14.8 Å². The standard InChI is InChI=1S/C34H41N3O2/c1-4-5-11-27-16-18-29(19-17-27)34(39)37(23-26(2)3)25-33(38)36(24-28-12-7-6-8-13-28)21-20-30-22-35-32-15-10-9-14-31(30)32/h6-10,12-19,22,26,35H,4-5,11,20-21,23-25H2,1-3H3. The molecule has 39 heavy (non-hydrogen) atoms. The fourth-order valence-electron chi connectivity index (χ4n) is 4.99. The third-order valence-corrected chi connectivity index (χ3v) is 7.11. The number of aryl methyl sites for hydroxylation is 1. The number of nitrogens with one attached hydrogen (secondary N) is 1. The molecule has 0 fully saturated rings. The van der Waals surface area contributed by atoms with Crippen LogP contribution in [0.2, 0.25) is 0 Å². The Morgan fingerprint density at radius 2 is 1.54 bits per heavy atom. The highest BCUT2D eigenvalue weighted by Crippen LogP contribution is 2.19. The van der Waals surface area contributed by atoms with Crippen LogP contribution in [0.3, 0.4) is 0 Å². The molecule has 0 aliphatic carbocycles. The van der Waals surface area contributed by atoms with Crippen molar-refractivity contribution in [3.63, 3.8) is 0 Å². The Kier molecular flexibility index (Phi) is 9.96. The van der Waals surface area contributed by atoms with Crippen LogP contribution >= 0.6 is 0 Å². The maximum atomic E-state index is 13.8. The van der Waals surface area contributed by atoms with E-state index >= 15 is 0 Å². The summed E-state index contributed by atoms with van der Waals surface area (Å²) in [6.45, 7) is 8.03. The molecular formula is C34H41N3O2. The number of carbonyl (C=O) groups excluding carboxylic acids is 2. The molecule has 204 valence electrons. The van der Waals surface area contributed by atoms with Crippen molar-refractivity contribution in [1.29, 1.82) is 0 Å². The maximum Gasteiger partial charge on any atom is 0.254 e. The van der Waals surface area contributed by atoms with Crippen molar-refractivity contribution >= 4 is 22.7 Å². The second-order valence-corrected chi connectivity index (χ2v) is 10.8. The molecule has 0 saturated carbocycles. The number of carbonyl (C=O) groups is 2. The van der Waals surface area contributed by atoms with E-state index in [-0.39, 0.29) is 24.3 Å². The Bertz CT molecular complexity index is 1340. The number of fused-ring (bicyclic) bond motifs is 1. The smallest absolute Gasteiger partial charge is 0.254 e. The predicted octanol–water partition coefficient (Wildman–Crippen LogP) is 6.88. The Hall–Kier alpha value is -3.86. The van der Waals surface area contributed by atoms with Crippen molar-refractivity contribution in [2.75, 3.05) is 19.6 Å². The summed E-state index contributed by atoms with van der Waals surface area (Å²) in [5.74, 6) is 0.127. The molecule has 0 unspecified atom stereocenters. The summed E-state index contributed by atoms with van der Waals surface area (Å²) in [5.41, 5.74) is 5.25. The van der Waals surface area contributed by atoms with Gasteiger partial charge in [-0.3, -0.25) is 9.59 Å². The highest BCUT2D eigenvalue weighted by molar-refractivity contribution is 5.96. The highest BCUT2D eigenvalue weighted by atomic mass is 16.2. The van der Waals surface area contributed by atoms with Crippen LogP contribution in [0.5, 0.6) is 0 Å². The lowest BCUT2D eigenvalue weighted by Gasteiger charge is -2.29. The Balaban J connectivity index is 1.51. The van der Waals surface area contributed by atoms with Gasteiger partial charge in [-0.2, -0.15) is 0 Å². The summed E-state index contributed by atoms with van der Waals surface area (Å²) < 4.78 is 0. The van der Waals surface area contributed by atoms with E-state index in [2.05, 4.69) is 37.9 Å². The maximum absolute atomic E-state index is 13.8. The van der Waals surface area contributed by atoms with Gasteiger partial charge in [0, 0.05) is 42.3 Å². The summed E-state index contributed by atoms with van der Waals surface area (Å²) in [5, 5.41) is 1.18. The average molecular weight is 524 g/mol. The second kappa shape index (κ2) is 13.8. The third kappa shape index (κ3) is 7.82. The number of unbranched alkanes of at least 4 members (excludes halogenated alkanes) is 1. The molecule has 4 aromatic rings. The van der Waals surface area contributed by atoms with Crippen LogP contribution in [0, 0.1) is 5.92 Å². The molecule has 3 aromatic carbocycles.